The van der Waals surface area contributed by atoms with Gasteiger partial charge in [-0.05, 0) is 35.9 Å². The zero-order valence-corrected chi connectivity index (χ0v) is 10.2. The Bertz CT molecular complexity index is 336. The van der Waals surface area contributed by atoms with Crippen LogP contribution in [-0.2, 0) is 0 Å². The molecule has 15 heavy (non-hydrogen) atoms. The lowest BCUT2D eigenvalue weighted by Gasteiger charge is -2.12. The van der Waals surface area contributed by atoms with Crippen LogP contribution in [0.2, 0.25) is 0 Å². The number of rotatable bonds is 2. The van der Waals surface area contributed by atoms with Crippen molar-refractivity contribution < 1.29 is 0 Å². The Hall–Kier alpha value is -0.880. The molecule has 3 N–H and O–H groups in total. The van der Waals surface area contributed by atoms with E-state index in [1.807, 2.05) is 0 Å². The number of hydrogen-bond acceptors (Lipinski definition) is 5. The summed E-state index contributed by atoms with van der Waals surface area (Å²) < 4.78 is 0.712. The van der Waals surface area contributed by atoms with Crippen LogP contribution in [0.15, 0.2) is 10.7 Å². The zero-order valence-electron chi connectivity index (χ0n) is 8.57. The number of halogens is 1. The average molecular weight is 272 g/mol. The molecule has 0 saturated carbocycles. The standard InChI is InChI=1S/C9H14BrN5/c1-15-3-2-6(5-15)12-9-13-7(10)4-8(11)14-9/h4,6H,2-3,5H2,1H3,(H3,11,12,13,14). The van der Waals surface area contributed by atoms with Gasteiger partial charge in [-0.2, -0.15) is 4.98 Å². The molecule has 0 aromatic carbocycles. The van der Waals surface area contributed by atoms with E-state index in [9.17, 15) is 0 Å². The molecule has 0 aliphatic carbocycles. The molecule has 2 rings (SSSR count). The first-order chi connectivity index (χ1) is 7.13. The summed E-state index contributed by atoms with van der Waals surface area (Å²) in [6, 6.07) is 2.11. The summed E-state index contributed by atoms with van der Waals surface area (Å²) in [5, 5.41) is 3.28. The second-order valence-electron chi connectivity index (χ2n) is 3.83. The Morgan fingerprint density at radius 3 is 3.00 bits per heavy atom. The number of nitrogens with zero attached hydrogens (tertiary/aromatic N) is 3. The van der Waals surface area contributed by atoms with Crippen LogP contribution in [0.25, 0.3) is 0 Å². The van der Waals surface area contributed by atoms with Gasteiger partial charge in [-0.15, -0.1) is 0 Å². The van der Waals surface area contributed by atoms with E-state index in [1.165, 1.54) is 0 Å². The number of likely N-dealkylation sites (tertiary alicyclic amines) is 1. The molecule has 82 valence electrons. The van der Waals surface area contributed by atoms with Crippen LogP contribution >= 0.6 is 15.9 Å². The number of hydrogen-bond donors (Lipinski definition) is 2. The van der Waals surface area contributed by atoms with Gasteiger partial charge in [-0.3, -0.25) is 0 Å². The van der Waals surface area contributed by atoms with Crippen molar-refractivity contribution >= 4 is 27.7 Å². The second-order valence-corrected chi connectivity index (χ2v) is 4.64. The van der Waals surface area contributed by atoms with Gasteiger partial charge in [0.1, 0.15) is 10.4 Å². The zero-order chi connectivity index (χ0) is 10.8. The van der Waals surface area contributed by atoms with E-state index >= 15 is 0 Å². The highest BCUT2D eigenvalue weighted by Crippen LogP contribution is 2.15. The summed E-state index contributed by atoms with van der Waals surface area (Å²) in [7, 11) is 2.11. The van der Waals surface area contributed by atoms with Gasteiger partial charge in [0, 0.05) is 18.7 Å². The van der Waals surface area contributed by atoms with Gasteiger partial charge in [0.25, 0.3) is 0 Å². The number of nitrogens with two attached hydrogens (primary N) is 1. The minimum absolute atomic E-state index is 0.420. The molecule has 1 aromatic rings. The molecule has 1 aromatic heterocycles. The van der Waals surface area contributed by atoms with Crippen molar-refractivity contribution in [2.24, 2.45) is 0 Å². The third-order valence-electron chi connectivity index (χ3n) is 2.44. The third-order valence-corrected chi connectivity index (χ3v) is 2.85. The predicted molar refractivity (Wildman–Crippen MR) is 63.7 cm³/mol. The van der Waals surface area contributed by atoms with E-state index in [1.54, 1.807) is 6.07 Å². The van der Waals surface area contributed by atoms with Crippen LogP contribution in [0.4, 0.5) is 11.8 Å². The molecular formula is C9H14BrN5. The van der Waals surface area contributed by atoms with Crippen molar-refractivity contribution in [2.75, 3.05) is 31.2 Å². The molecule has 0 spiro atoms. The van der Waals surface area contributed by atoms with E-state index in [4.69, 9.17) is 5.73 Å². The SMILES string of the molecule is CN1CCC(Nc2nc(N)cc(Br)n2)C1. The van der Waals surface area contributed by atoms with Gasteiger partial charge in [0.05, 0.1) is 0 Å². The molecule has 0 bridgehead atoms. The average Bonchev–Trinajstić information content (AvgIpc) is 2.49. The minimum atomic E-state index is 0.420. The number of anilines is 2. The molecule has 1 saturated heterocycles. The molecular weight excluding hydrogens is 258 g/mol. The Balaban J connectivity index is 2.04. The van der Waals surface area contributed by atoms with Crippen LogP contribution in [0.1, 0.15) is 6.42 Å². The summed E-state index contributed by atoms with van der Waals surface area (Å²) >= 11 is 3.29. The van der Waals surface area contributed by atoms with E-state index in [2.05, 4.69) is 43.2 Å². The molecule has 1 fully saturated rings. The smallest absolute Gasteiger partial charge is 0.225 e. The highest BCUT2D eigenvalue weighted by molar-refractivity contribution is 9.10. The van der Waals surface area contributed by atoms with Crippen LogP contribution in [-0.4, -0.2) is 41.0 Å². The Kier molecular flexibility index (Phi) is 3.06. The van der Waals surface area contributed by atoms with E-state index < -0.39 is 0 Å². The van der Waals surface area contributed by atoms with Crippen LogP contribution < -0.4 is 11.1 Å². The monoisotopic (exact) mass is 271 g/mol. The van der Waals surface area contributed by atoms with Gasteiger partial charge in [0.15, 0.2) is 0 Å². The molecule has 1 aliphatic heterocycles. The molecule has 5 nitrogen and oxygen atoms in total. The van der Waals surface area contributed by atoms with Gasteiger partial charge < -0.3 is 16.0 Å². The Labute approximate surface area is 97.2 Å². The van der Waals surface area contributed by atoms with Crippen LogP contribution in [0, 0.1) is 0 Å². The Morgan fingerprint density at radius 1 is 1.60 bits per heavy atom. The fraction of sp³-hybridized carbons (Fsp3) is 0.556. The van der Waals surface area contributed by atoms with Crippen molar-refractivity contribution in [1.29, 1.82) is 0 Å². The van der Waals surface area contributed by atoms with Crippen LogP contribution in [0.3, 0.4) is 0 Å². The third kappa shape index (κ3) is 2.79. The molecule has 2 heterocycles. The van der Waals surface area contributed by atoms with Gasteiger partial charge in [-0.1, -0.05) is 0 Å². The van der Waals surface area contributed by atoms with Crippen LogP contribution in [0.5, 0.6) is 0 Å². The molecule has 0 amide bonds. The fourth-order valence-corrected chi connectivity index (χ4v) is 2.14. The second kappa shape index (κ2) is 4.32. The molecule has 1 unspecified atom stereocenters. The van der Waals surface area contributed by atoms with Crippen molar-refractivity contribution in [2.45, 2.75) is 12.5 Å². The predicted octanol–water partition coefficient (Wildman–Crippen LogP) is 0.937. The lowest BCUT2D eigenvalue weighted by atomic mass is 10.3. The van der Waals surface area contributed by atoms with E-state index in [0.717, 1.165) is 19.5 Å². The number of nitrogen functional groups attached to an aromatic ring is 1. The van der Waals surface area contributed by atoms with Crippen molar-refractivity contribution in [1.82, 2.24) is 14.9 Å². The van der Waals surface area contributed by atoms with Gasteiger partial charge >= 0.3 is 0 Å². The topological polar surface area (TPSA) is 67.1 Å². The summed E-state index contributed by atoms with van der Waals surface area (Å²) in [5.41, 5.74) is 5.63. The van der Waals surface area contributed by atoms with E-state index in [-0.39, 0.29) is 0 Å². The highest BCUT2D eigenvalue weighted by atomic mass is 79.9. The largest absolute Gasteiger partial charge is 0.383 e. The molecule has 1 aliphatic rings. The summed E-state index contributed by atoms with van der Waals surface area (Å²) in [6.07, 6.45) is 1.12. The maximum absolute atomic E-state index is 5.63. The minimum Gasteiger partial charge on any atom is -0.383 e. The summed E-state index contributed by atoms with van der Waals surface area (Å²) in [4.78, 5) is 10.6. The molecule has 1 atom stereocenters. The maximum Gasteiger partial charge on any atom is 0.225 e. The fourth-order valence-electron chi connectivity index (χ4n) is 1.73. The lowest BCUT2D eigenvalue weighted by molar-refractivity contribution is 0.414. The summed E-state index contributed by atoms with van der Waals surface area (Å²) in [5.74, 6) is 1.08. The highest BCUT2D eigenvalue weighted by Gasteiger charge is 2.19. The first kappa shape index (κ1) is 10.6. The molecule has 0 radical (unpaired) electrons. The first-order valence-electron chi connectivity index (χ1n) is 4.88. The van der Waals surface area contributed by atoms with Crippen molar-refractivity contribution in [3.8, 4) is 0 Å². The maximum atomic E-state index is 5.63. The Morgan fingerprint density at radius 2 is 2.40 bits per heavy atom. The lowest BCUT2D eigenvalue weighted by Crippen LogP contribution is -2.24. The van der Waals surface area contributed by atoms with Crippen molar-refractivity contribution in [3.05, 3.63) is 10.7 Å². The first-order valence-corrected chi connectivity index (χ1v) is 5.68. The normalized spacial score (nSPS) is 21.9. The number of likely N-dealkylation sites (N-methyl/N-ethyl adjacent to an activating group) is 1. The number of nitrogens with one attached hydrogen (secondary N) is 1. The number of aromatic nitrogens is 2. The van der Waals surface area contributed by atoms with Gasteiger partial charge in [-0.25, -0.2) is 4.98 Å². The molecule has 6 heteroatoms. The van der Waals surface area contributed by atoms with E-state index in [0.29, 0.717) is 22.4 Å². The van der Waals surface area contributed by atoms with Crippen molar-refractivity contribution in [3.63, 3.8) is 0 Å². The van der Waals surface area contributed by atoms with Gasteiger partial charge in [0.2, 0.25) is 5.95 Å². The summed E-state index contributed by atoms with van der Waals surface area (Å²) in [6.45, 7) is 2.14. The quantitative estimate of drug-likeness (QED) is 0.784.